The van der Waals surface area contributed by atoms with Crippen LogP contribution in [0.3, 0.4) is 0 Å². The van der Waals surface area contributed by atoms with Crippen molar-refractivity contribution in [3.05, 3.63) is 29.3 Å². The Morgan fingerprint density at radius 1 is 1.64 bits per heavy atom. The predicted octanol–water partition coefficient (Wildman–Crippen LogP) is 2.47. The second-order valence-electron chi connectivity index (χ2n) is 2.36. The molecule has 0 unspecified atom stereocenters. The Labute approximate surface area is 73.8 Å². The van der Waals surface area contributed by atoms with Gasteiger partial charge in [0.15, 0.2) is 0 Å². The van der Waals surface area contributed by atoms with Crippen LogP contribution in [0.15, 0.2) is 12.3 Å². The van der Waals surface area contributed by atoms with Gasteiger partial charge in [0.05, 0.1) is 0 Å². The maximum Gasteiger partial charge on any atom is 0.129 e. The second-order valence-corrected chi connectivity index (χ2v) is 3.16. The first-order valence-electron chi connectivity index (χ1n) is 3.41. The molecule has 0 spiro atoms. The highest BCUT2D eigenvalue weighted by Crippen LogP contribution is 2.06. The molecule has 11 heavy (non-hydrogen) atoms. The highest BCUT2D eigenvalue weighted by Gasteiger charge is 1.99. The number of aromatic nitrogens is 1. The smallest absolute Gasteiger partial charge is 0.129 e. The van der Waals surface area contributed by atoms with Crippen LogP contribution >= 0.6 is 15.9 Å². The van der Waals surface area contributed by atoms with Crippen LogP contribution in [0.1, 0.15) is 11.3 Å². The second kappa shape index (κ2) is 3.81. The molecule has 0 aliphatic carbocycles. The van der Waals surface area contributed by atoms with Crippen molar-refractivity contribution in [2.45, 2.75) is 13.3 Å². The van der Waals surface area contributed by atoms with Crippen molar-refractivity contribution in [1.82, 2.24) is 4.98 Å². The molecule has 0 atom stereocenters. The fraction of sp³-hybridized carbons (Fsp3) is 0.375. The zero-order valence-corrected chi connectivity index (χ0v) is 7.86. The number of halogens is 2. The Hall–Kier alpha value is -0.440. The van der Waals surface area contributed by atoms with E-state index in [4.69, 9.17) is 0 Å². The fourth-order valence-corrected chi connectivity index (χ4v) is 1.18. The Kier molecular flexibility index (Phi) is 3.00. The lowest BCUT2D eigenvalue weighted by molar-refractivity contribution is 0.612. The molecule has 3 heteroatoms. The lowest BCUT2D eigenvalue weighted by Crippen LogP contribution is -1.93. The summed E-state index contributed by atoms with van der Waals surface area (Å²) in [6, 6.07) is 1.48. The van der Waals surface area contributed by atoms with Crippen molar-refractivity contribution < 1.29 is 4.39 Å². The summed E-state index contributed by atoms with van der Waals surface area (Å²) in [6.45, 7) is 1.71. The molecule has 0 aliphatic rings. The lowest BCUT2D eigenvalue weighted by Gasteiger charge is -1.98. The van der Waals surface area contributed by atoms with E-state index >= 15 is 0 Å². The van der Waals surface area contributed by atoms with Gasteiger partial charge in [-0.2, -0.15) is 0 Å². The first kappa shape index (κ1) is 8.65. The molecule has 0 saturated heterocycles. The van der Waals surface area contributed by atoms with Crippen molar-refractivity contribution in [2.24, 2.45) is 0 Å². The molecule has 1 nitrogen and oxygen atoms in total. The van der Waals surface area contributed by atoms with Crippen LogP contribution in [0.2, 0.25) is 0 Å². The Morgan fingerprint density at radius 3 is 2.91 bits per heavy atom. The van der Waals surface area contributed by atoms with Crippen LogP contribution in [0.4, 0.5) is 4.39 Å². The first-order chi connectivity index (χ1) is 5.24. The average Bonchev–Trinajstić information content (AvgIpc) is 1.98. The minimum atomic E-state index is -0.170. The molecule has 0 bridgehead atoms. The normalized spacial score (nSPS) is 10.1. The molecular formula is C8H9BrFN. The maximum absolute atomic E-state index is 12.8. The van der Waals surface area contributed by atoms with E-state index in [1.807, 2.05) is 0 Å². The third-order valence-electron chi connectivity index (χ3n) is 1.44. The lowest BCUT2D eigenvalue weighted by atomic mass is 10.2. The Balaban J connectivity index is 2.86. The van der Waals surface area contributed by atoms with Gasteiger partial charge in [-0.1, -0.05) is 15.9 Å². The molecule has 1 heterocycles. The first-order valence-corrected chi connectivity index (χ1v) is 4.53. The van der Waals surface area contributed by atoms with E-state index in [1.165, 1.54) is 6.07 Å². The van der Waals surface area contributed by atoms with E-state index in [0.717, 1.165) is 17.4 Å². The molecule has 0 N–H and O–H groups in total. The van der Waals surface area contributed by atoms with Gasteiger partial charge in [-0.25, -0.2) is 4.39 Å². The summed E-state index contributed by atoms with van der Waals surface area (Å²) in [6.07, 6.45) is 2.34. The summed E-state index contributed by atoms with van der Waals surface area (Å²) >= 11 is 3.27. The molecule has 0 saturated carbocycles. The number of hydrogen-bond donors (Lipinski definition) is 0. The molecule has 1 aromatic heterocycles. The number of nitrogens with zero attached hydrogens (tertiary/aromatic N) is 1. The fourth-order valence-electron chi connectivity index (χ4n) is 0.772. The average molecular weight is 218 g/mol. The van der Waals surface area contributed by atoms with Crippen LogP contribution in [0.25, 0.3) is 0 Å². The van der Waals surface area contributed by atoms with E-state index in [9.17, 15) is 4.39 Å². The predicted molar refractivity (Wildman–Crippen MR) is 46.4 cm³/mol. The minimum Gasteiger partial charge on any atom is -0.261 e. The van der Waals surface area contributed by atoms with Gasteiger partial charge in [0.2, 0.25) is 0 Å². The number of pyridine rings is 1. The maximum atomic E-state index is 12.8. The van der Waals surface area contributed by atoms with Crippen molar-refractivity contribution in [3.8, 4) is 0 Å². The van der Waals surface area contributed by atoms with Gasteiger partial charge in [-0.05, 0) is 19.4 Å². The molecule has 1 rings (SSSR count). The van der Waals surface area contributed by atoms with Crippen LogP contribution in [-0.4, -0.2) is 10.3 Å². The minimum absolute atomic E-state index is 0.170. The Bertz CT molecular complexity index is 250. The molecule has 0 fully saturated rings. The van der Waals surface area contributed by atoms with Crippen molar-refractivity contribution in [2.75, 3.05) is 5.33 Å². The largest absolute Gasteiger partial charge is 0.261 e. The zero-order valence-electron chi connectivity index (χ0n) is 6.27. The SMILES string of the molecule is Cc1cnc(CCBr)cc1F. The standard InChI is InChI=1S/C8H9BrFN/c1-6-5-11-7(2-3-9)4-8(6)10/h4-5H,2-3H2,1H3. The quantitative estimate of drug-likeness (QED) is 0.695. The molecular weight excluding hydrogens is 209 g/mol. The summed E-state index contributed by atoms with van der Waals surface area (Å²) < 4.78 is 12.8. The topological polar surface area (TPSA) is 12.9 Å². The van der Waals surface area contributed by atoms with Gasteiger partial charge >= 0.3 is 0 Å². The third-order valence-corrected chi connectivity index (χ3v) is 1.84. The summed E-state index contributed by atoms with van der Waals surface area (Å²) in [7, 11) is 0. The van der Waals surface area contributed by atoms with Gasteiger partial charge in [0.1, 0.15) is 5.82 Å². The summed E-state index contributed by atoms with van der Waals surface area (Å²) in [5, 5.41) is 0.822. The van der Waals surface area contributed by atoms with Gasteiger partial charge in [-0.3, -0.25) is 4.98 Å². The van der Waals surface area contributed by atoms with Crippen LogP contribution in [0.5, 0.6) is 0 Å². The van der Waals surface area contributed by atoms with Gasteiger partial charge in [0.25, 0.3) is 0 Å². The zero-order chi connectivity index (χ0) is 8.27. The number of alkyl halides is 1. The molecule has 60 valence electrons. The highest BCUT2D eigenvalue weighted by atomic mass is 79.9. The van der Waals surface area contributed by atoms with Gasteiger partial charge < -0.3 is 0 Å². The van der Waals surface area contributed by atoms with E-state index < -0.39 is 0 Å². The number of rotatable bonds is 2. The highest BCUT2D eigenvalue weighted by molar-refractivity contribution is 9.09. The number of hydrogen-bond acceptors (Lipinski definition) is 1. The molecule has 0 aliphatic heterocycles. The number of aryl methyl sites for hydroxylation is 2. The van der Waals surface area contributed by atoms with Crippen LogP contribution in [0, 0.1) is 12.7 Å². The molecule has 0 amide bonds. The summed E-state index contributed by atoms with van der Waals surface area (Å²) in [5.74, 6) is -0.170. The summed E-state index contributed by atoms with van der Waals surface area (Å²) in [4.78, 5) is 4.06. The molecule has 0 radical (unpaired) electrons. The monoisotopic (exact) mass is 217 g/mol. The van der Waals surface area contributed by atoms with Crippen LogP contribution in [-0.2, 0) is 6.42 Å². The van der Waals surface area contributed by atoms with Crippen molar-refractivity contribution in [3.63, 3.8) is 0 Å². The van der Waals surface area contributed by atoms with Gasteiger partial charge in [0, 0.05) is 22.8 Å². The van der Waals surface area contributed by atoms with Crippen molar-refractivity contribution >= 4 is 15.9 Å². The molecule has 1 aromatic rings. The van der Waals surface area contributed by atoms with E-state index in [0.29, 0.717) is 5.56 Å². The Morgan fingerprint density at radius 2 is 2.36 bits per heavy atom. The third kappa shape index (κ3) is 2.26. The van der Waals surface area contributed by atoms with E-state index in [-0.39, 0.29) is 5.82 Å². The summed E-state index contributed by atoms with van der Waals surface area (Å²) in [5.41, 5.74) is 1.40. The van der Waals surface area contributed by atoms with Gasteiger partial charge in [-0.15, -0.1) is 0 Å². The van der Waals surface area contributed by atoms with E-state index in [2.05, 4.69) is 20.9 Å². The van der Waals surface area contributed by atoms with Crippen molar-refractivity contribution in [1.29, 1.82) is 0 Å². The van der Waals surface area contributed by atoms with E-state index in [1.54, 1.807) is 13.1 Å². The van der Waals surface area contributed by atoms with Crippen LogP contribution < -0.4 is 0 Å². The molecule has 0 aromatic carbocycles.